The van der Waals surface area contributed by atoms with E-state index in [1.165, 1.54) is 11.8 Å². The molecule has 0 bridgehead atoms. The summed E-state index contributed by atoms with van der Waals surface area (Å²) in [4.78, 5) is 17.1. The highest BCUT2D eigenvalue weighted by Gasteiger charge is 2.31. The van der Waals surface area contributed by atoms with Crippen molar-refractivity contribution in [3.8, 4) is 0 Å². The Morgan fingerprint density at radius 1 is 1.33 bits per heavy atom. The van der Waals surface area contributed by atoms with Crippen LogP contribution in [-0.2, 0) is 9.84 Å². The van der Waals surface area contributed by atoms with Crippen molar-refractivity contribution in [1.29, 1.82) is 0 Å². The molecule has 4 rings (SSSR count). The van der Waals surface area contributed by atoms with Gasteiger partial charge in [-0.2, -0.15) is 0 Å². The van der Waals surface area contributed by atoms with Crippen LogP contribution >= 0.6 is 11.8 Å². The molecule has 1 saturated heterocycles. The summed E-state index contributed by atoms with van der Waals surface area (Å²) in [5.41, 5.74) is 3.86. The first kappa shape index (κ1) is 18.3. The second kappa shape index (κ2) is 6.83. The third-order valence-electron chi connectivity index (χ3n) is 4.96. The number of Topliss-reactive ketones (excluding diaryl/α,β-unsaturated/α-hetero) is 1. The Morgan fingerprint density at radius 3 is 2.81 bits per heavy atom. The highest BCUT2D eigenvalue weighted by molar-refractivity contribution is 7.99. The van der Waals surface area contributed by atoms with Gasteiger partial charge in [-0.05, 0) is 38.5 Å². The molecular formula is C19H20N2O4S2. The molecule has 27 heavy (non-hydrogen) atoms. The van der Waals surface area contributed by atoms with Crippen molar-refractivity contribution in [2.24, 2.45) is 0 Å². The van der Waals surface area contributed by atoms with Gasteiger partial charge in [-0.15, -0.1) is 0 Å². The number of hydrogen-bond donors (Lipinski definition) is 0. The van der Waals surface area contributed by atoms with Crippen LogP contribution in [0.4, 0.5) is 0 Å². The maximum absolute atomic E-state index is 12.7. The lowest BCUT2D eigenvalue weighted by Crippen LogP contribution is -2.14. The molecule has 0 unspecified atom stereocenters. The minimum absolute atomic E-state index is 0.0116. The van der Waals surface area contributed by atoms with Gasteiger partial charge >= 0.3 is 0 Å². The van der Waals surface area contributed by atoms with Gasteiger partial charge in [0.25, 0.3) is 5.22 Å². The van der Waals surface area contributed by atoms with Crippen molar-refractivity contribution in [3.05, 3.63) is 47.3 Å². The van der Waals surface area contributed by atoms with E-state index in [0.29, 0.717) is 22.8 Å². The fourth-order valence-corrected chi connectivity index (χ4v) is 6.14. The SMILES string of the molecule is Cc1cc(C(=O)CSc2nc3ccccc3o2)c(C)n1[C@@H]1CCS(=O)(=O)C1. The van der Waals surface area contributed by atoms with Crippen molar-refractivity contribution >= 4 is 38.5 Å². The number of aromatic nitrogens is 2. The van der Waals surface area contributed by atoms with Crippen LogP contribution in [0.5, 0.6) is 0 Å². The molecule has 0 spiro atoms. The summed E-state index contributed by atoms with van der Waals surface area (Å²) in [6, 6.07) is 9.26. The minimum atomic E-state index is -2.98. The average molecular weight is 405 g/mol. The van der Waals surface area contributed by atoms with Gasteiger partial charge in [0.05, 0.1) is 17.3 Å². The molecule has 8 heteroatoms. The van der Waals surface area contributed by atoms with Crippen molar-refractivity contribution in [1.82, 2.24) is 9.55 Å². The zero-order valence-electron chi connectivity index (χ0n) is 15.1. The molecule has 1 fully saturated rings. The first-order valence-corrected chi connectivity index (χ1v) is 11.6. The number of thioether (sulfide) groups is 1. The van der Waals surface area contributed by atoms with E-state index in [-0.39, 0.29) is 29.1 Å². The van der Waals surface area contributed by atoms with Gasteiger partial charge in [-0.3, -0.25) is 4.79 Å². The molecule has 1 atom stereocenters. The molecule has 2 aromatic heterocycles. The Kier molecular flexibility index (Phi) is 4.63. The third-order valence-corrected chi connectivity index (χ3v) is 7.54. The number of nitrogens with zero attached hydrogens (tertiary/aromatic N) is 2. The van der Waals surface area contributed by atoms with Gasteiger partial charge in [0, 0.05) is 23.0 Å². The van der Waals surface area contributed by atoms with Gasteiger partial charge in [0.15, 0.2) is 21.2 Å². The molecule has 0 N–H and O–H groups in total. The monoisotopic (exact) mass is 404 g/mol. The van der Waals surface area contributed by atoms with Crippen LogP contribution in [0.25, 0.3) is 11.1 Å². The first-order valence-electron chi connectivity index (χ1n) is 8.74. The Hall–Kier alpha value is -2.06. The van der Waals surface area contributed by atoms with E-state index in [1.54, 1.807) is 0 Å². The summed E-state index contributed by atoms with van der Waals surface area (Å²) in [5.74, 6) is 0.572. The van der Waals surface area contributed by atoms with Crippen LogP contribution < -0.4 is 0 Å². The summed E-state index contributed by atoms with van der Waals surface area (Å²) < 4.78 is 31.3. The number of ketones is 1. The lowest BCUT2D eigenvalue weighted by Gasteiger charge is -2.16. The smallest absolute Gasteiger partial charge is 0.257 e. The number of carbonyl (C=O) groups is 1. The van der Waals surface area contributed by atoms with Gasteiger partial charge in [-0.25, -0.2) is 13.4 Å². The van der Waals surface area contributed by atoms with E-state index >= 15 is 0 Å². The molecule has 0 aliphatic carbocycles. The molecule has 6 nitrogen and oxygen atoms in total. The summed E-state index contributed by atoms with van der Waals surface area (Å²) in [5, 5.41) is 0.472. The largest absolute Gasteiger partial charge is 0.431 e. The van der Waals surface area contributed by atoms with E-state index in [9.17, 15) is 13.2 Å². The molecule has 1 aromatic carbocycles. The van der Waals surface area contributed by atoms with Gasteiger partial charge in [0.2, 0.25) is 0 Å². The number of aryl methyl sites for hydroxylation is 1. The van der Waals surface area contributed by atoms with E-state index < -0.39 is 9.84 Å². The lowest BCUT2D eigenvalue weighted by atomic mass is 10.2. The predicted octanol–water partition coefficient (Wildman–Crippen LogP) is 3.58. The van der Waals surface area contributed by atoms with Crippen LogP contribution in [0.3, 0.4) is 0 Å². The fourth-order valence-electron chi connectivity index (χ4n) is 3.72. The molecule has 3 heterocycles. The molecule has 0 radical (unpaired) electrons. The summed E-state index contributed by atoms with van der Waals surface area (Å²) in [6.07, 6.45) is 0.601. The number of hydrogen-bond acceptors (Lipinski definition) is 6. The van der Waals surface area contributed by atoms with Gasteiger partial charge in [-0.1, -0.05) is 23.9 Å². The average Bonchev–Trinajstić information content (AvgIpc) is 3.27. The first-order chi connectivity index (χ1) is 12.8. The Labute approximate surface area is 161 Å². The highest BCUT2D eigenvalue weighted by atomic mass is 32.2. The Bertz CT molecular complexity index is 1090. The quantitative estimate of drug-likeness (QED) is 0.477. The van der Waals surface area contributed by atoms with Crippen molar-refractivity contribution in [2.45, 2.75) is 31.5 Å². The van der Waals surface area contributed by atoms with Gasteiger partial charge < -0.3 is 8.98 Å². The van der Waals surface area contributed by atoms with Gasteiger partial charge in [0.1, 0.15) is 5.52 Å². The Balaban J connectivity index is 1.51. The predicted molar refractivity (Wildman–Crippen MR) is 105 cm³/mol. The number of benzene rings is 1. The van der Waals surface area contributed by atoms with Crippen molar-refractivity contribution in [3.63, 3.8) is 0 Å². The zero-order chi connectivity index (χ0) is 19.2. The molecule has 0 saturated carbocycles. The summed E-state index contributed by atoms with van der Waals surface area (Å²) in [6.45, 7) is 3.80. The van der Waals surface area contributed by atoms with E-state index in [0.717, 1.165) is 16.9 Å². The summed E-state index contributed by atoms with van der Waals surface area (Å²) >= 11 is 1.27. The van der Waals surface area contributed by atoms with Crippen LogP contribution in [0.15, 0.2) is 40.0 Å². The van der Waals surface area contributed by atoms with Crippen LogP contribution in [0, 0.1) is 13.8 Å². The standard InChI is InChI=1S/C19H20N2O4S2/c1-12-9-15(13(2)21(12)14-7-8-27(23,24)11-14)17(22)10-26-19-20-16-5-3-4-6-18(16)25-19/h3-6,9,14H,7-8,10-11H2,1-2H3/t14-/m1/s1. The van der Waals surface area contributed by atoms with Crippen LogP contribution in [0.2, 0.25) is 0 Å². The second-order valence-corrected chi connectivity index (χ2v) is 10.0. The number of para-hydroxylation sites is 2. The molecule has 1 aliphatic rings. The Morgan fingerprint density at radius 2 is 2.11 bits per heavy atom. The molecule has 3 aromatic rings. The number of rotatable bonds is 5. The second-order valence-electron chi connectivity index (χ2n) is 6.87. The molecule has 142 valence electrons. The normalized spacial score (nSPS) is 19.0. The van der Waals surface area contributed by atoms with Crippen molar-refractivity contribution in [2.75, 3.05) is 17.3 Å². The van der Waals surface area contributed by atoms with E-state index in [1.807, 2.05) is 48.7 Å². The van der Waals surface area contributed by atoms with Crippen molar-refractivity contribution < 1.29 is 17.6 Å². The van der Waals surface area contributed by atoms with Crippen LogP contribution in [-0.4, -0.2) is 41.0 Å². The molecule has 0 amide bonds. The zero-order valence-corrected chi connectivity index (χ0v) is 16.8. The highest BCUT2D eigenvalue weighted by Crippen LogP contribution is 2.30. The number of fused-ring (bicyclic) bond motifs is 1. The fraction of sp³-hybridized carbons (Fsp3) is 0.368. The number of oxazole rings is 1. The number of carbonyl (C=O) groups excluding carboxylic acids is 1. The third kappa shape index (κ3) is 3.55. The maximum Gasteiger partial charge on any atom is 0.257 e. The number of sulfone groups is 1. The minimum Gasteiger partial charge on any atom is -0.431 e. The van der Waals surface area contributed by atoms with Crippen LogP contribution in [0.1, 0.15) is 34.2 Å². The maximum atomic E-state index is 12.7. The van der Waals surface area contributed by atoms with E-state index in [4.69, 9.17) is 4.42 Å². The molecular weight excluding hydrogens is 384 g/mol. The summed E-state index contributed by atoms with van der Waals surface area (Å²) in [7, 11) is -2.98. The molecule has 1 aliphatic heterocycles. The lowest BCUT2D eigenvalue weighted by molar-refractivity contribution is 0.102. The van der Waals surface area contributed by atoms with E-state index in [2.05, 4.69) is 4.98 Å². The topological polar surface area (TPSA) is 82.2 Å².